The number of hydrogen-bond donors (Lipinski definition) is 2. The van der Waals surface area contributed by atoms with Gasteiger partial charge in [-0.05, 0) is 31.6 Å². The molecule has 0 aromatic rings. The van der Waals surface area contributed by atoms with Crippen molar-refractivity contribution >= 4 is 12.0 Å². The van der Waals surface area contributed by atoms with Gasteiger partial charge in [0.1, 0.15) is 0 Å². The van der Waals surface area contributed by atoms with Crippen LogP contribution >= 0.6 is 0 Å². The molecule has 0 radical (unpaired) electrons. The molecule has 6 heteroatoms. The molecule has 20 heavy (non-hydrogen) atoms. The number of amides is 2. The zero-order chi connectivity index (χ0) is 14.2. The number of urea groups is 1. The lowest BCUT2D eigenvalue weighted by Gasteiger charge is -2.27. The van der Waals surface area contributed by atoms with Crippen LogP contribution in [0.5, 0.6) is 0 Å². The molecule has 2 saturated heterocycles. The Balaban J connectivity index is 1.61. The number of carbonyl (C=O) groups is 2. The summed E-state index contributed by atoms with van der Waals surface area (Å²) in [5.74, 6) is -0.621. The van der Waals surface area contributed by atoms with Gasteiger partial charge in [0.25, 0.3) is 0 Å². The van der Waals surface area contributed by atoms with Gasteiger partial charge < -0.3 is 20.1 Å². The van der Waals surface area contributed by atoms with E-state index in [2.05, 4.69) is 5.32 Å². The van der Waals surface area contributed by atoms with E-state index >= 15 is 0 Å². The number of hydrogen-bond acceptors (Lipinski definition) is 3. The third kappa shape index (κ3) is 2.26. The van der Waals surface area contributed by atoms with E-state index in [1.54, 1.807) is 4.90 Å². The lowest BCUT2D eigenvalue weighted by molar-refractivity contribution is -0.149. The molecule has 1 saturated carbocycles. The number of carboxylic acids is 1. The highest BCUT2D eigenvalue weighted by Crippen LogP contribution is 2.48. The van der Waals surface area contributed by atoms with E-state index in [-0.39, 0.29) is 18.0 Å². The molecule has 3 fully saturated rings. The third-order valence-corrected chi connectivity index (χ3v) is 5.07. The summed E-state index contributed by atoms with van der Waals surface area (Å²) in [6.45, 7) is 2.26. The second-order valence-corrected chi connectivity index (χ2v) is 6.29. The molecule has 6 nitrogen and oxygen atoms in total. The fraction of sp³-hybridized carbons (Fsp3) is 0.857. The van der Waals surface area contributed by atoms with Crippen LogP contribution in [0, 0.1) is 11.3 Å². The molecule has 3 rings (SSSR count). The average Bonchev–Trinajstić information content (AvgIpc) is 2.97. The van der Waals surface area contributed by atoms with Crippen molar-refractivity contribution < 1.29 is 19.4 Å². The Morgan fingerprint density at radius 3 is 2.80 bits per heavy atom. The van der Waals surface area contributed by atoms with Gasteiger partial charge in [0.05, 0.1) is 18.1 Å². The lowest BCUT2D eigenvalue weighted by atomic mass is 9.81. The van der Waals surface area contributed by atoms with Crippen LogP contribution in [0.1, 0.15) is 32.1 Å². The van der Waals surface area contributed by atoms with E-state index in [1.165, 1.54) is 0 Å². The van der Waals surface area contributed by atoms with E-state index in [0.717, 1.165) is 32.3 Å². The summed E-state index contributed by atoms with van der Waals surface area (Å²) in [5, 5.41) is 12.5. The van der Waals surface area contributed by atoms with Crippen molar-refractivity contribution in [2.24, 2.45) is 11.3 Å². The first-order chi connectivity index (χ1) is 9.62. The molecular formula is C14H22N2O4. The van der Waals surface area contributed by atoms with E-state index < -0.39 is 11.4 Å². The SMILES string of the molecule is O=C(N[C@@H]1CCCOC1)N1C[C@@H]2CCC[C@@]2(C(=O)O)C1. The highest BCUT2D eigenvalue weighted by Gasteiger charge is 2.55. The van der Waals surface area contributed by atoms with E-state index in [9.17, 15) is 14.7 Å². The first-order valence-corrected chi connectivity index (χ1v) is 7.48. The maximum absolute atomic E-state index is 12.3. The summed E-state index contributed by atoms with van der Waals surface area (Å²) >= 11 is 0. The number of carbonyl (C=O) groups excluding carboxylic acids is 1. The Morgan fingerprint density at radius 1 is 1.30 bits per heavy atom. The van der Waals surface area contributed by atoms with Gasteiger partial charge in [-0.1, -0.05) is 6.42 Å². The minimum absolute atomic E-state index is 0.0671. The number of nitrogens with one attached hydrogen (secondary N) is 1. The predicted molar refractivity (Wildman–Crippen MR) is 71.4 cm³/mol. The standard InChI is InChI=1S/C14H22N2O4/c17-12(18)14-5-1-3-10(14)7-16(9-14)13(19)15-11-4-2-6-20-8-11/h10-11H,1-9H2,(H,15,19)(H,17,18)/t10-,11+,14+/m0/s1. The Morgan fingerprint density at radius 2 is 2.15 bits per heavy atom. The molecule has 0 aromatic heterocycles. The van der Waals surface area contributed by atoms with E-state index in [4.69, 9.17) is 4.74 Å². The predicted octanol–water partition coefficient (Wildman–Crippen LogP) is 1.06. The zero-order valence-corrected chi connectivity index (χ0v) is 11.6. The summed E-state index contributed by atoms with van der Waals surface area (Å²) in [6, 6.07) is -0.0620. The zero-order valence-electron chi connectivity index (χ0n) is 11.6. The van der Waals surface area contributed by atoms with Crippen LogP contribution < -0.4 is 5.32 Å². The Labute approximate surface area is 118 Å². The Kier molecular flexibility index (Phi) is 3.58. The highest BCUT2D eigenvalue weighted by molar-refractivity contribution is 5.80. The van der Waals surface area contributed by atoms with E-state index in [1.807, 2.05) is 0 Å². The smallest absolute Gasteiger partial charge is 0.317 e. The maximum atomic E-state index is 12.3. The second-order valence-electron chi connectivity index (χ2n) is 6.29. The molecule has 2 N–H and O–H groups in total. The number of likely N-dealkylation sites (tertiary alicyclic amines) is 1. The van der Waals surface area contributed by atoms with Crippen LogP contribution in [0.4, 0.5) is 4.79 Å². The van der Waals surface area contributed by atoms with Crippen molar-refractivity contribution in [3.63, 3.8) is 0 Å². The van der Waals surface area contributed by atoms with Gasteiger partial charge in [0.2, 0.25) is 0 Å². The molecule has 1 aliphatic carbocycles. The van der Waals surface area contributed by atoms with Crippen molar-refractivity contribution in [2.45, 2.75) is 38.1 Å². The maximum Gasteiger partial charge on any atom is 0.317 e. The number of fused-ring (bicyclic) bond motifs is 1. The van der Waals surface area contributed by atoms with Gasteiger partial charge in [-0.25, -0.2) is 4.79 Å². The van der Waals surface area contributed by atoms with Crippen molar-refractivity contribution in [1.82, 2.24) is 10.2 Å². The molecule has 2 aliphatic heterocycles. The van der Waals surface area contributed by atoms with Crippen molar-refractivity contribution in [1.29, 1.82) is 0 Å². The van der Waals surface area contributed by atoms with Crippen LogP contribution in [0.25, 0.3) is 0 Å². The van der Waals surface area contributed by atoms with E-state index in [0.29, 0.717) is 26.1 Å². The molecule has 0 aromatic carbocycles. The van der Waals surface area contributed by atoms with Gasteiger partial charge in [-0.2, -0.15) is 0 Å². The average molecular weight is 282 g/mol. The number of aliphatic carboxylic acids is 1. The summed E-state index contributed by atoms with van der Waals surface area (Å²) < 4.78 is 5.35. The summed E-state index contributed by atoms with van der Waals surface area (Å²) in [7, 11) is 0. The van der Waals surface area contributed by atoms with Crippen molar-refractivity contribution in [2.75, 3.05) is 26.3 Å². The minimum Gasteiger partial charge on any atom is -0.481 e. The van der Waals surface area contributed by atoms with Gasteiger partial charge in [-0.3, -0.25) is 4.79 Å². The Bertz CT molecular complexity index is 408. The molecule has 112 valence electrons. The number of carboxylic acid groups (broad SMARTS) is 1. The molecule has 3 atom stereocenters. The van der Waals surface area contributed by atoms with Crippen LogP contribution in [0.15, 0.2) is 0 Å². The van der Waals surface area contributed by atoms with Crippen LogP contribution in [-0.4, -0.2) is 54.4 Å². The molecule has 2 heterocycles. The first-order valence-electron chi connectivity index (χ1n) is 7.48. The fourth-order valence-electron chi connectivity index (χ4n) is 3.91. The second kappa shape index (κ2) is 5.24. The highest BCUT2D eigenvalue weighted by atomic mass is 16.5. The lowest BCUT2D eigenvalue weighted by Crippen LogP contribution is -2.48. The van der Waals surface area contributed by atoms with Crippen LogP contribution in [-0.2, 0) is 9.53 Å². The van der Waals surface area contributed by atoms with Gasteiger partial charge >= 0.3 is 12.0 Å². The summed E-state index contributed by atoms with van der Waals surface area (Å²) in [6.07, 6.45) is 4.48. The minimum atomic E-state index is -0.740. The summed E-state index contributed by atoms with van der Waals surface area (Å²) in [4.78, 5) is 25.5. The quantitative estimate of drug-likeness (QED) is 0.794. The number of ether oxygens (including phenoxy) is 1. The van der Waals surface area contributed by atoms with Gasteiger partial charge in [0, 0.05) is 19.7 Å². The van der Waals surface area contributed by atoms with Crippen molar-refractivity contribution in [3.8, 4) is 0 Å². The van der Waals surface area contributed by atoms with Crippen LogP contribution in [0.3, 0.4) is 0 Å². The molecule has 2 amide bonds. The molecule has 0 unspecified atom stereocenters. The largest absolute Gasteiger partial charge is 0.481 e. The van der Waals surface area contributed by atoms with Crippen molar-refractivity contribution in [3.05, 3.63) is 0 Å². The normalized spacial score (nSPS) is 36.7. The monoisotopic (exact) mass is 282 g/mol. The molecule has 0 spiro atoms. The molecule has 3 aliphatic rings. The molecule has 0 bridgehead atoms. The van der Waals surface area contributed by atoms with Crippen LogP contribution in [0.2, 0.25) is 0 Å². The topological polar surface area (TPSA) is 78.9 Å². The number of nitrogens with zero attached hydrogens (tertiary/aromatic N) is 1. The first kappa shape index (κ1) is 13.7. The molecular weight excluding hydrogens is 260 g/mol. The fourth-order valence-corrected chi connectivity index (χ4v) is 3.91. The Hall–Kier alpha value is -1.30. The summed E-state index contributed by atoms with van der Waals surface area (Å²) in [5.41, 5.74) is -0.694. The third-order valence-electron chi connectivity index (χ3n) is 5.07. The van der Waals surface area contributed by atoms with Gasteiger partial charge in [-0.15, -0.1) is 0 Å². The van der Waals surface area contributed by atoms with Gasteiger partial charge in [0.15, 0.2) is 0 Å². The number of rotatable bonds is 2.